The van der Waals surface area contributed by atoms with Crippen molar-refractivity contribution >= 4 is 17.4 Å². The van der Waals surface area contributed by atoms with Gasteiger partial charge in [-0.2, -0.15) is 4.98 Å². The number of benzene rings is 2. The monoisotopic (exact) mass is 531 g/mol. The van der Waals surface area contributed by atoms with Gasteiger partial charge in [-0.1, -0.05) is 11.6 Å². The smallest absolute Gasteiger partial charge is 0.483 e. The predicted molar refractivity (Wildman–Crippen MR) is 115 cm³/mol. The van der Waals surface area contributed by atoms with Gasteiger partial charge in [-0.3, -0.25) is 4.57 Å². The minimum Gasteiger partial charge on any atom is -0.483 e. The van der Waals surface area contributed by atoms with Crippen LogP contribution in [0.4, 0.5) is 27.8 Å². The number of anilines is 1. The Balaban J connectivity index is 1.33. The fraction of sp³-hybridized carbons (Fsp3) is 0.273. The summed E-state index contributed by atoms with van der Waals surface area (Å²) in [7, 11) is 0. The zero-order valence-corrected chi connectivity index (χ0v) is 18.8. The molecule has 5 rings (SSSR count). The Morgan fingerprint density at radius 1 is 1.08 bits per heavy atom. The van der Waals surface area contributed by atoms with Crippen molar-refractivity contribution in [1.29, 1.82) is 0 Å². The second kappa shape index (κ2) is 9.04. The van der Waals surface area contributed by atoms with Gasteiger partial charge in [-0.05, 0) is 29.8 Å². The van der Waals surface area contributed by atoms with E-state index in [1.54, 1.807) is 0 Å². The van der Waals surface area contributed by atoms with Crippen LogP contribution in [0.5, 0.6) is 28.9 Å². The highest BCUT2D eigenvalue weighted by Gasteiger charge is 2.33. The number of alkyl halides is 3. The number of hydrogen-bond donors (Lipinski definition) is 0. The minimum absolute atomic E-state index is 0.0616. The van der Waals surface area contributed by atoms with Crippen molar-refractivity contribution in [2.75, 3.05) is 24.6 Å². The Labute approximate surface area is 204 Å². The first kappa shape index (κ1) is 24.0. The highest BCUT2D eigenvalue weighted by atomic mass is 35.5. The molecule has 3 aromatic rings. The van der Waals surface area contributed by atoms with Crippen molar-refractivity contribution < 1.29 is 40.9 Å². The Hall–Kier alpha value is -3.74. The first-order valence-electron chi connectivity index (χ1n) is 10.5. The molecule has 0 saturated heterocycles. The average molecular weight is 532 g/mol. The third-order valence-corrected chi connectivity index (χ3v) is 5.66. The lowest BCUT2D eigenvalue weighted by Gasteiger charge is -2.27. The summed E-state index contributed by atoms with van der Waals surface area (Å²) in [6, 6.07) is 4.67. The Kier molecular flexibility index (Phi) is 6.02. The van der Waals surface area contributed by atoms with E-state index in [1.165, 1.54) is 4.57 Å². The first-order chi connectivity index (χ1) is 17.1. The van der Waals surface area contributed by atoms with E-state index < -0.39 is 40.2 Å². The van der Waals surface area contributed by atoms with Crippen molar-refractivity contribution in [1.82, 2.24) is 9.55 Å². The second-order valence-electron chi connectivity index (χ2n) is 7.76. The molecule has 36 heavy (non-hydrogen) atoms. The topological polar surface area (TPSA) is 75.1 Å². The molecular formula is C22H15ClF5N3O5. The molecule has 8 nitrogen and oxygen atoms in total. The van der Waals surface area contributed by atoms with Crippen LogP contribution in [-0.2, 0) is 13.2 Å². The summed E-state index contributed by atoms with van der Waals surface area (Å²) in [5.41, 5.74) is -0.463. The molecule has 1 aromatic heterocycles. The summed E-state index contributed by atoms with van der Waals surface area (Å²) in [5.74, 6) is -3.18. The van der Waals surface area contributed by atoms with Crippen LogP contribution in [0.2, 0.25) is 5.02 Å². The van der Waals surface area contributed by atoms with Crippen molar-refractivity contribution in [3.05, 3.63) is 63.0 Å². The third kappa shape index (κ3) is 4.70. The van der Waals surface area contributed by atoms with Crippen LogP contribution in [0.3, 0.4) is 0 Å². The van der Waals surface area contributed by atoms with Crippen LogP contribution in [0, 0.1) is 11.6 Å². The highest BCUT2D eigenvalue weighted by molar-refractivity contribution is 6.32. The molecule has 0 spiro atoms. The molecule has 14 heteroatoms. The summed E-state index contributed by atoms with van der Waals surface area (Å²) >= 11 is 5.74. The van der Waals surface area contributed by atoms with E-state index in [0.717, 1.165) is 30.3 Å². The Morgan fingerprint density at radius 2 is 1.83 bits per heavy atom. The van der Waals surface area contributed by atoms with E-state index in [9.17, 15) is 26.7 Å². The maximum Gasteiger partial charge on any atom is 0.573 e. The standard InChI is InChI=1S/C22H15ClF5N3O5/c23-13-9-12(1-2-16(13)36-22(26,27)28)35-17-14(24)7-11(8-15(17)25)10-34-19-18-20-30(5-6-33-18)3-4-31(20)21(32)29-19/h1-2,7-9H,3-6,10H2. The van der Waals surface area contributed by atoms with Gasteiger partial charge in [0.05, 0.1) is 11.6 Å². The van der Waals surface area contributed by atoms with E-state index in [2.05, 4.69) is 9.72 Å². The van der Waals surface area contributed by atoms with Crippen LogP contribution in [0.1, 0.15) is 5.56 Å². The second-order valence-corrected chi connectivity index (χ2v) is 8.17. The fourth-order valence-electron chi connectivity index (χ4n) is 3.86. The molecule has 0 radical (unpaired) electrons. The van der Waals surface area contributed by atoms with Gasteiger partial charge in [0.25, 0.3) is 5.88 Å². The largest absolute Gasteiger partial charge is 0.573 e. The number of aromatic nitrogens is 2. The Bertz CT molecular complexity index is 1370. The summed E-state index contributed by atoms with van der Waals surface area (Å²) in [6.45, 7) is 1.75. The SMILES string of the molecule is O=c1nc(OCc2cc(F)c(Oc3ccc(OC(F)(F)F)c(Cl)c3)c(F)c2)c2c3n1CCN3CCO2. The Morgan fingerprint density at radius 3 is 2.53 bits per heavy atom. The summed E-state index contributed by atoms with van der Waals surface area (Å²) in [6.07, 6.45) is -4.96. The quantitative estimate of drug-likeness (QED) is 0.428. The van der Waals surface area contributed by atoms with Crippen LogP contribution >= 0.6 is 11.6 Å². The molecule has 0 N–H and O–H groups in total. The molecule has 0 saturated carbocycles. The molecule has 0 aliphatic carbocycles. The normalized spacial score (nSPS) is 14.3. The molecule has 0 unspecified atom stereocenters. The molecule has 2 aliphatic heterocycles. The van der Waals surface area contributed by atoms with E-state index in [4.69, 9.17) is 25.8 Å². The highest BCUT2D eigenvalue weighted by Crippen LogP contribution is 2.40. The van der Waals surface area contributed by atoms with Crippen molar-refractivity contribution in [2.45, 2.75) is 19.5 Å². The summed E-state index contributed by atoms with van der Waals surface area (Å²) in [4.78, 5) is 18.2. The van der Waals surface area contributed by atoms with Gasteiger partial charge in [0.15, 0.2) is 23.2 Å². The molecular weight excluding hydrogens is 517 g/mol. The van der Waals surface area contributed by atoms with Crippen molar-refractivity contribution in [2.24, 2.45) is 0 Å². The molecule has 3 heterocycles. The maximum atomic E-state index is 14.6. The van der Waals surface area contributed by atoms with Crippen LogP contribution < -0.4 is 29.5 Å². The molecule has 190 valence electrons. The van der Waals surface area contributed by atoms with Crippen LogP contribution in [0.25, 0.3) is 0 Å². The summed E-state index contributed by atoms with van der Waals surface area (Å²) in [5, 5.41) is -0.474. The number of ether oxygens (including phenoxy) is 4. The van der Waals surface area contributed by atoms with Gasteiger partial charge in [-0.25, -0.2) is 13.6 Å². The number of nitrogens with zero attached hydrogens (tertiary/aromatic N) is 3. The number of hydrogen-bond acceptors (Lipinski definition) is 7. The van der Waals surface area contributed by atoms with Gasteiger partial charge in [0.1, 0.15) is 24.7 Å². The fourth-order valence-corrected chi connectivity index (χ4v) is 4.07. The predicted octanol–water partition coefficient (Wildman–Crippen LogP) is 4.66. The zero-order valence-electron chi connectivity index (χ0n) is 18.1. The van der Waals surface area contributed by atoms with E-state index in [0.29, 0.717) is 32.1 Å². The van der Waals surface area contributed by atoms with Gasteiger partial charge >= 0.3 is 12.1 Å². The lowest BCUT2D eigenvalue weighted by atomic mass is 10.2. The zero-order chi connectivity index (χ0) is 25.6. The molecule has 0 bridgehead atoms. The average Bonchev–Trinajstić information content (AvgIpc) is 3.24. The minimum atomic E-state index is -4.96. The summed E-state index contributed by atoms with van der Waals surface area (Å²) < 4.78 is 88.0. The van der Waals surface area contributed by atoms with Gasteiger partial charge in [-0.15, -0.1) is 13.2 Å². The molecule has 2 aromatic carbocycles. The van der Waals surface area contributed by atoms with Crippen molar-refractivity contribution in [3.8, 4) is 28.9 Å². The van der Waals surface area contributed by atoms with E-state index in [-0.39, 0.29) is 29.5 Å². The van der Waals surface area contributed by atoms with Gasteiger partial charge in [0.2, 0.25) is 5.75 Å². The molecule has 0 fully saturated rings. The molecule has 2 aliphatic rings. The van der Waals surface area contributed by atoms with Crippen LogP contribution in [-0.4, -0.2) is 35.6 Å². The van der Waals surface area contributed by atoms with Gasteiger partial charge in [0, 0.05) is 19.2 Å². The lowest BCUT2D eigenvalue weighted by molar-refractivity contribution is -0.274. The van der Waals surface area contributed by atoms with E-state index in [1.807, 2.05) is 4.90 Å². The van der Waals surface area contributed by atoms with E-state index >= 15 is 0 Å². The number of halogens is 6. The molecule has 0 atom stereocenters. The number of rotatable bonds is 6. The van der Waals surface area contributed by atoms with Crippen LogP contribution in [0.15, 0.2) is 35.1 Å². The van der Waals surface area contributed by atoms with Gasteiger partial charge < -0.3 is 23.8 Å². The van der Waals surface area contributed by atoms with Crippen molar-refractivity contribution in [3.63, 3.8) is 0 Å². The maximum absolute atomic E-state index is 14.6. The molecule has 0 amide bonds. The lowest BCUT2D eigenvalue weighted by Crippen LogP contribution is -2.32. The first-order valence-corrected chi connectivity index (χ1v) is 10.8. The third-order valence-electron chi connectivity index (χ3n) is 5.36.